The molecule has 2 saturated carbocycles. The molecule has 3 fully saturated rings. The van der Waals surface area contributed by atoms with Gasteiger partial charge in [-0.3, -0.25) is 8.98 Å². The van der Waals surface area contributed by atoms with Gasteiger partial charge in [0.15, 0.2) is 0 Å². The molecule has 8 rings (SSSR count). The summed E-state index contributed by atoms with van der Waals surface area (Å²) in [6.07, 6.45) is 3.05. The molecule has 57 heavy (non-hydrogen) atoms. The van der Waals surface area contributed by atoms with E-state index in [0.717, 1.165) is 45.7 Å². The standard InChI is InChI=1S/C45H50N2O9S/c1-52-35-18-14-32(15-19-35)27-47-39-13-8-7-12-37(39)45-38-28-46(42(49)55-30-33-10-5-4-6-11-33)41(45)43(31-56-57(3,50)51,23-24-44(45,47)26-40(38)48)22-9-25-54-29-34-16-20-36(53-2)21-17-34/h4-8,10-21,38,41H,9,22-31H2,1-3H3/t38-,41+,43-,44-,45?/m1/s1. The Morgan fingerprint density at radius 3 is 2.14 bits per heavy atom. The molecule has 0 aromatic heterocycles. The largest absolute Gasteiger partial charge is 0.497 e. The number of anilines is 1. The number of methoxy groups -OCH3 is 2. The maximum absolute atomic E-state index is 14.7. The van der Waals surface area contributed by atoms with E-state index < -0.39 is 44.5 Å². The number of hydrogen-bond donors (Lipinski definition) is 0. The van der Waals surface area contributed by atoms with Crippen LogP contribution in [0.1, 0.15) is 54.4 Å². The summed E-state index contributed by atoms with van der Waals surface area (Å²) in [5.74, 6) is 1.10. The van der Waals surface area contributed by atoms with Gasteiger partial charge in [-0.25, -0.2) is 4.79 Å². The molecule has 0 N–H and O–H groups in total. The molecule has 2 aliphatic heterocycles. The van der Waals surface area contributed by atoms with E-state index in [1.807, 2.05) is 78.9 Å². The van der Waals surface area contributed by atoms with Gasteiger partial charge in [-0.2, -0.15) is 8.42 Å². The molecule has 0 radical (unpaired) electrons. The van der Waals surface area contributed by atoms with Crippen molar-refractivity contribution in [2.45, 2.75) is 68.9 Å². The lowest BCUT2D eigenvalue weighted by Crippen LogP contribution is -2.70. The first-order chi connectivity index (χ1) is 27.5. The third kappa shape index (κ3) is 6.85. The van der Waals surface area contributed by atoms with E-state index in [0.29, 0.717) is 51.9 Å². The van der Waals surface area contributed by atoms with E-state index in [-0.39, 0.29) is 25.5 Å². The minimum Gasteiger partial charge on any atom is -0.497 e. The van der Waals surface area contributed by atoms with Crippen LogP contribution in [0.15, 0.2) is 103 Å². The van der Waals surface area contributed by atoms with Gasteiger partial charge in [0, 0.05) is 43.1 Å². The normalized spacial score (nSPS) is 25.8. The van der Waals surface area contributed by atoms with Crippen LogP contribution in [0, 0.1) is 11.3 Å². The fourth-order valence-corrected chi connectivity index (χ4v) is 11.1. The van der Waals surface area contributed by atoms with Crippen LogP contribution in [0.3, 0.4) is 0 Å². The summed E-state index contributed by atoms with van der Waals surface area (Å²) >= 11 is 0. The maximum atomic E-state index is 14.7. The van der Waals surface area contributed by atoms with Gasteiger partial charge in [-0.1, -0.05) is 72.8 Å². The molecule has 1 saturated heterocycles. The van der Waals surface area contributed by atoms with Crippen LogP contribution in [0.2, 0.25) is 0 Å². The summed E-state index contributed by atoms with van der Waals surface area (Å²) in [7, 11) is -0.609. The fourth-order valence-electron chi connectivity index (χ4n) is 10.7. The monoisotopic (exact) mass is 794 g/mol. The summed E-state index contributed by atoms with van der Waals surface area (Å²) in [4.78, 5) is 33.5. The van der Waals surface area contributed by atoms with Gasteiger partial charge in [-0.15, -0.1) is 0 Å². The number of ketones is 1. The predicted molar refractivity (Wildman–Crippen MR) is 215 cm³/mol. The Balaban J connectivity index is 1.20. The van der Waals surface area contributed by atoms with Crippen LogP contribution < -0.4 is 14.4 Å². The molecule has 1 amide bonds. The number of rotatable bonds is 15. The molecule has 1 unspecified atom stereocenters. The average Bonchev–Trinajstić information content (AvgIpc) is 3.81. The first-order valence-electron chi connectivity index (χ1n) is 19.6. The molecule has 300 valence electrons. The van der Waals surface area contributed by atoms with Crippen molar-refractivity contribution in [2.24, 2.45) is 11.3 Å². The van der Waals surface area contributed by atoms with E-state index in [2.05, 4.69) is 29.2 Å². The van der Waals surface area contributed by atoms with Gasteiger partial charge in [0.05, 0.1) is 50.7 Å². The van der Waals surface area contributed by atoms with Crippen LogP contribution in [0.25, 0.3) is 0 Å². The van der Waals surface area contributed by atoms with E-state index in [9.17, 15) is 18.0 Å². The van der Waals surface area contributed by atoms with E-state index in [4.69, 9.17) is 23.1 Å². The number of amides is 1. The van der Waals surface area contributed by atoms with Crippen molar-refractivity contribution in [1.29, 1.82) is 0 Å². The number of fused-ring (bicyclic) bond motifs is 1. The zero-order chi connectivity index (χ0) is 39.8. The Morgan fingerprint density at radius 2 is 1.46 bits per heavy atom. The van der Waals surface area contributed by atoms with Crippen molar-refractivity contribution < 1.29 is 41.1 Å². The smallest absolute Gasteiger partial charge is 0.410 e. The number of nitrogens with zero attached hydrogens (tertiary/aromatic N) is 2. The number of Topliss-reactive ketones (excluding diaryl/α,β-unsaturated/α-hetero) is 1. The number of hydrogen-bond acceptors (Lipinski definition) is 10. The molecule has 5 atom stereocenters. The minimum absolute atomic E-state index is 0.0614. The van der Waals surface area contributed by atoms with Crippen LogP contribution in [-0.2, 0) is 53.7 Å². The molecule has 2 heterocycles. The molecule has 0 bridgehead atoms. The van der Waals surface area contributed by atoms with Crippen molar-refractivity contribution in [2.75, 3.05) is 45.1 Å². The van der Waals surface area contributed by atoms with Gasteiger partial charge in [0.1, 0.15) is 23.9 Å². The highest BCUT2D eigenvalue weighted by Gasteiger charge is 2.82. The molecule has 4 aliphatic rings. The summed E-state index contributed by atoms with van der Waals surface area (Å²) in [6, 6.07) is 32.9. The third-order valence-corrected chi connectivity index (χ3v) is 13.5. The lowest BCUT2D eigenvalue weighted by molar-refractivity contribution is -0.121. The Labute approximate surface area is 334 Å². The zero-order valence-electron chi connectivity index (χ0n) is 32.7. The summed E-state index contributed by atoms with van der Waals surface area (Å²) in [5.41, 5.74) is 2.53. The first-order valence-corrected chi connectivity index (χ1v) is 21.4. The summed E-state index contributed by atoms with van der Waals surface area (Å²) < 4.78 is 54.5. The molecule has 4 aromatic carbocycles. The molecule has 1 spiro atoms. The van der Waals surface area contributed by atoms with Gasteiger partial charge in [-0.05, 0) is 78.3 Å². The van der Waals surface area contributed by atoms with Crippen molar-refractivity contribution in [1.82, 2.24) is 4.90 Å². The van der Waals surface area contributed by atoms with Gasteiger partial charge >= 0.3 is 6.09 Å². The highest BCUT2D eigenvalue weighted by molar-refractivity contribution is 7.85. The lowest BCUT2D eigenvalue weighted by Gasteiger charge is -2.60. The van der Waals surface area contributed by atoms with Crippen molar-refractivity contribution in [3.05, 3.63) is 125 Å². The Bertz CT molecular complexity index is 2200. The zero-order valence-corrected chi connectivity index (χ0v) is 33.5. The van der Waals surface area contributed by atoms with Crippen molar-refractivity contribution in [3.63, 3.8) is 0 Å². The average molecular weight is 795 g/mol. The van der Waals surface area contributed by atoms with Gasteiger partial charge in [0.25, 0.3) is 10.1 Å². The predicted octanol–water partition coefficient (Wildman–Crippen LogP) is 7.06. The highest BCUT2D eigenvalue weighted by atomic mass is 32.2. The Morgan fingerprint density at radius 1 is 0.807 bits per heavy atom. The van der Waals surface area contributed by atoms with Crippen LogP contribution in [-0.4, -0.2) is 77.0 Å². The minimum atomic E-state index is -3.88. The van der Waals surface area contributed by atoms with Crippen LogP contribution in [0.5, 0.6) is 11.5 Å². The fraction of sp³-hybridized carbons (Fsp3) is 0.422. The summed E-state index contributed by atoms with van der Waals surface area (Å²) in [6.45, 7) is 1.43. The number of carbonyl (C=O) groups excluding carboxylic acids is 2. The number of ether oxygens (including phenoxy) is 4. The van der Waals surface area contributed by atoms with Crippen molar-refractivity contribution in [3.8, 4) is 11.5 Å². The first kappa shape index (κ1) is 38.9. The van der Waals surface area contributed by atoms with Gasteiger partial charge in [0.2, 0.25) is 0 Å². The second kappa shape index (κ2) is 15.4. The second-order valence-electron chi connectivity index (χ2n) is 16.0. The van der Waals surface area contributed by atoms with Crippen molar-refractivity contribution >= 4 is 27.7 Å². The number of likely N-dealkylation sites (tertiary alicyclic amines) is 1. The molecular formula is C45H50N2O9S. The highest BCUT2D eigenvalue weighted by Crippen LogP contribution is 2.73. The third-order valence-electron chi connectivity index (χ3n) is 13.0. The molecule has 12 heteroatoms. The second-order valence-corrected chi connectivity index (χ2v) is 17.6. The van der Waals surface area contributed by atoms with E-state index in [1.165, 1.54) is 0 Å². The number of para-hydroxylation sites is 1. The van der Waals surface area contributed by atoms with Crippen LogP contribution >= 0.6 is 0 Å². The van der Waals surface area contributed by atoms with E-state index in [1.54, 1.807) is 19.1 Å². The summed E-state index contributed by atoms with van der Waals surface area (Å²) in [5, 5.41) is 0. The Kier molecular flexibility index (Phi) is 10.6. The lowest BCUT2D eigenvalue weighted by atomic mass is 9.49. The maximum Gasteiger partial charge on any atom is 0.410 e. The van der Waals surface area contributed by atoms with Gasteiger partial charge < -0.3 is 28.7 Å². The topological polar surface area (TPSA) is 121 Å². The molecule has 11 nitrogen and oxygen atoms in total. The van der Waals surface area contributed by atoms with E-state index >= 15 is 0 Å². The molecule has 2 aliphatic carbocycles. The van der Waals surface area contributed by atoms with Crippen LogP contribution in [0.4, 0.5) is 10.5 Å². The molecule has 4 aromatic rings. The quantitative estimate of drug-likeness (QED) is 0.0914. The SMILES string of the molecule is COc1ccc(COCCC[C@]2(COS(C)(=O)=O)CC[C@@]34CC(=O)[C@H]5CN(C(=O)OCc6ccccc6)[C@@H]2C53c2ccccc2N4Cc2ccc(OC)cc2)cc1. The number of carbonyl (C=O) groups is 2. The molecular weight excluding hydrogens is 745 g/mol. The Hall–Kier alpha value is -4.91. The number of benzene rings is 4.